The third-order valence-electron chi connectivity index (χ3n) is 2.85. The fraction of sp³-hybridized carbons (Fsp3) is 0.0667. The van der Waals surface area contributed by atoms with Crippen LogP contribution >= 0.6 is 11.8 Å². The van der Waals surface area contributed by atoms with Gasteiger partial charge in [-0.25, -0.2) is 4.39 Å². The fourth-order valence-electron chi connectivity index (χ4n) is 1.89. The molecule has 0 aliphatic heterocycles. The van der Waals surface area contributed by atoms with E-state index >= 15 is 0 Å². The minimum atomic E-state index is -0.212. The second-order valence-electron chi connectivity index (χ2n) is 4.26. The number of benzene rings is 2. The molecular weight excluding hydrogens is 245 g/mol. The lowest BCUT2D eigenvalue weighted by atomic mass is 10.2. The van der Waals surface area contributed by atoms with Gasteiger partial charge in [-0.3, -0.25) is 0 Å². The highest BCUT2D eigenvalue weighted by molar-refractivity contribution is 7.99. The van der Waals surface area contributed by atoms with Crippen molar-refractivity contribution in [2.24, 2.45) is 0 Å². The zero-order valence-corrected chi connectivity index (χ0v) is 10.7. The van der Waals surface area contributed by atoms with Gasteiger partial charge in [-0.1, -0.05) is 29.5 Å². The maximum atomic E-state index is 13.1. The van der Waals surface area contributed by atoms with Gasteiger partial charge in [0.15, 0.2) is 0 Å². The van der Waals surface area contributed by atoms with Crippen molar-refractivity contribution in [1.82, 2.24) is 4.98 Å². The van der Waals surface area contributed by atoms with E-state index < -0.39 is 0 Å². The molecule has 0 amide bonds. The highest BCUT2D eigenvalue weighted by Crippen LogP contribution is 2.33. The van der Waals surface area contributed by atoms with Crippen LogP contribution in [0.5, 0.6) is 0 Å². The van der Waals surface area contributed by atoms with Gasteiger partial charge < -0.3 is 4.98 Å². The molecule has 0 atom stereocenters. The van der Waals surface area contributed by atoms with Crippen molar-refractivity contribution >= 4 is 22.7 Å². The Morgan fingerprint density at radius 1 is 1.06 bits per heavy atom. The van der Waals surface area contributed by atoms with E-state index in [1.165, 1.54) is 22.6 Å². The van der Waals surface area contributed by atoms with Crippen LogP contribution in [0.15, 0.2) is 58.5 Å². The Morgan fingerprint density at radius 3 is 2.61 bits per heavy atom. The Kier molecular flexibility index (Phi) is 2.84. The minimum absolute atomic E-state index is 0.212. The molecule has 1 N–H and O–H groups in total. The molecule has 0 bridgehead atoms. The fourth-order valence-corrected chi connectivity index (χ4v) is 2.82. The summed E-state index contributed by atoms with van der Waals surface area (Å²) in [6.07, 6.45) is 1.93. The number of nitrogens with one attached hydrogen (secondary N) is 1. The normalized spacial score (nSPS) is 11.0. The van der Waals surface area contributed by atoms with Crippen molar-refractivity contribution in [2.75, 3.05) is 0 Å². The summed E-state index contributed by atoms with van der Waals surface area (Å²) >= 11 is 1.68. The highest BCUT2D eigenvalue weighted by Gasteiger charge is 2.06. The Labute approximate surface area is 109 Å². The molecule has 3 aromatic rings. The average Bonchev–Trinajstić information content (AvgIpc) is 2.74. The van der Waals surface area contributed by atoms with Crippen LogP contribution in [-0.4, -0.2) is 4.98 Å². The molecule has 90 valence electrons. The van der Waals surface area contributed by atoms with Gasteiger partial charge in [0.25, 0.3) is 0 Å². The van der Waals surface area contributed by atoms with E-state index in [1.807, 2.05) is 12.3 Å². The predicted molar refractivity (Wildman–Crippen MR) is 73.6 cm³/mol. The van der Waals surface area contributed by atoms with Crippen LogP contribution in [0.25, 0.3) is 10.9 Å². The molecule has 1 aromatic heterocycles. The molecule has 0 spiro atoms. The van der Waals surface area contributed by atoms with Crippen LogP contribution in [0, 0.1) is 12.7 Å². The molecule has 0 aliphatic rings. The Balaban J connectivity index is 1.97. The second-order valence-corrected chi connectivity index (χ2v) is 5.37. The third-order valence-corrected chi connectivity index (χ3v) is 3.92. The molecule has 0 aliphatic carbocycles. The summed E-state index contributed by atoms with van der Waals surface area (Å²) in [6, 6.07) is 13.2. The Bertz CT molecular complexity index is 685. The first-order valence-electron chi connectivity index (χ1n) is 5.73. The van der Waals surface area contributed by atoms with Gasteiger partial charge >= 0.3 is 0 Å². The summed E-state index contributed by atoms with van der Waals surface area (Å²) in [5.41, 5.74) is 2.09. The van der Waals surface area contributed by atoms with E-state index in [2.05, 4.69) is 36.2 Å². The van der Waals surface area contributed by atoms with Crippen LogP contribution in [0.3, 0.4) is 0 Å². The molecule has 1 nitrogen and oxygen atoms in total. The quantitative estimate of drug-likeness (QED) is 0.699. The summed E-state index contributed by atoms with van der Waals surface area (Å²) < 4.78 is 13.1. The minimum Gasteiger partial charge on any atom is -0.360 e. The standard InChI is InChI=1S/C15H12FNS/c1-10-2-5-12(6-3-10)18-15-9-17-14-8-11(16)4-7-13(14)15/h2-9,17H,1H3. The summed E-state index contributed by atoms with van der Waals surface area (Å²) in [6.45, 7) is 2.07. The number of hydrogen-bond acceptors (Lipinski definition) is 1. The van der Waals surface area contributed by atoms with E-state index in [9.17, 15) is 4.39 Å². The lowest BCUT2D eigenvalue weighted by Crippen LogP contribution is -1.75. The van der Waals surface area contributed by atoms with E-state index in [0.717, 1.165) is 15.8 Å². The first kappa shape index (κ1) is 11.4. The third kappa shape index (κ3) is 2.14. The number of H-pyrrole nitrogens is 1. The van der Waals surface area contributed by atoms with Crippen LogP contribution in [0.1, 0.15) is 5.56 Å². The average molecular weight is 257 g/mol. The number of hydrogen-bond donors (Lipinski definition) is 1. The predicted octanol–water partition coefficient (Wildman–Crippen LogP) is 4.77. The molecule has 0 fully saturated rings. The Hall–Kier alpha value is -1.74. The molecule has 2 aromatic carbocycles. The van der Waals surface area contributed by atoms with Gasteiger partial charge in [-0.05, 0) is 37.3 Å². The molecule has 3 rings (SSSR count). The molecule has 18 heavy (non-hydrogen) atoms. The van der Waals surface area contributed by atoms with Gasteiger partial charge in [0.05, 0.1) is 0 Å². The van der Waals surface area contributed by atoms with Gasteiger partial charge in [0, 0.05) is 26.9 Å². The largest absolute Gasteiger partial charge is 0.360 e. The van der Waals surface area contributed by atoms with Crippen LogP contribution in [0.4, 0.5) is 4.39 Å². The van der Waals surface area contributed by atoms with Gasteiger partial charge in [-0.15, -0.1) is 0 Å². The van der Waals surface area contributed by atoms with Gasteiger partial charge in [-0.2, -0.15) is 0 Å². The van der Waals surface area contributed by atoms with Crippen molar-refractivity contribution in [3.8, 4) is 0 Å². The number of aromatic nitrogens is 1. The van der Waals surface area contributed by atoms with Crippen molar-refractivity contribution in [3.63, 3.8) is 0 Å². The van der Waals surface area contributed by atoms with E-state index in [0.29, 0.717) is 0 Å². The summed E-state index contributed by atoms with van der Waals surface area (Å²) in [5, 5.41) is 1.06. The monoisotopic (exact) mass is 257 g/mol. The lowest BCUT2D eigenvalue weighted by Gasteiger charge is -2.00. The van der Waals surface area contributed by atoms with Gasteiger partial charge in [0.1, 0.15) is 5.82 Å². The van der Waals surface area contributed by atoms with Crippen LogP contribution in [0.2, 0.25) is 0 Å². The van der Waals surface area contributed by atoms with Crippen LogP contribution in [-0.2, 0) is 0 Å². The topological polar surface area (TPSA) is 15.8 Å². The summed E-state index contributed by atoms with van der Waals surface area (Å²) in [7, 11) is 0. The molecule has 0 unspecified atom stereocenters. The first-order chi connectivity index (χ1) is 8.72. The number of aryl methyl sites for hydroxylation is 1. The maximum Gasteiger partial charge on any atom is 0.125 e. The molecule has 3 heteroatoms. The van der Waals surface area contributed by atoms with Crippen molar-refractivity contribution in [2.45, 2.75) is 16.7 Å². The lowest BCUT2D eigenvalue weighted by molar-refractivity contribution is 0.629. The number of aromatic amines is 1. The highest BCUT2D eigenvalue weighted by atomic mass is 32.2. The van der Waals surface area contributed by atoms with E-state index in [1.54, 1.807) is 11.8 Å². The van der Waals surface area contributed by atoms with Gasteiger partial charge in [0.2, 0.25) is 0 Å². The first-order valence-corrected chi connectivity index (χ1v) is 6.55. The molecule has 0 radical (unpaired) electrons. The molecular formula is C15H12FNS. The van der Waals surface area contributed by atoms with Crippen LogP contribution < -0.4 is 0 Å². The summed E-state index contributed by atoms with van der Waals surface area (Å²) in [4.78, 5) is 5.41. The zero-order chi connectivity index (χ0) is 12.5. The number of fused-ring (bicyclic) bond motifs is 1. The molecule has 1 heterocycles. The molecule has 0 saturated heterocycles. The molecule has 0 saturated carbocycles. The second kappa shape index (κ2) is 4.50. The summed E-state index contributed by atoms with van der Waals surface area (Å²) in [5.74, 6) is -0.212. The maximum absolute atomic E-state index is 13.1. The SMILES string of the molecule is Cc1ccc(Sc2c[nH]c3cc(F)ccc23)cc1. The number of rotatable bonds is 2. The smallest absolute Gasteiger partial charge is 0.125 e. The van der Waals surface area contributed by atoms with Crippen molar-refractivity contribution in [1.29, 1.82) is 0 Å². The van der Waals surface area contributed by atoms with E-state index in [-0.39, 0.29) is 5.82 Å². The zero-order valence-electron chi connectivity index (χ0n) is 9.91. The van der Waals surface area contributed by atoms with Crippen molar-refractivity contribution in [3.05, 3.63) is 60.0 Å². The van der Waals surface area contributed by atoms with Crippen molar-refractivity contribution < 1.29 is 4.39 Å². The number of halogens is 1. The Morgan fingerprint density at radius 2 is 1.83 bits per heavy atom. The van der Waals surface area contributed by atoms with E-state index in [4.69, 9.17) is 0 Å².